The van der Waals surface area contributed by atoms with Gasteiger partial charge in [-0.05, 0) is 52.7 Å². The predicted octanol–water partition coefficient (Wildman–Crippen LogP) is 3.86. The van der Waals surface area contributed by atoms with E-state index in [1.807, 2.05) is 6.07 Å². The quantitative estimate of drug-likeness (QED) is 0.567. The number of amides is 3. The van der Waals surface area contributed by atoms with Gasteiger partial charge in [0.05, 0.1) is 37.9 Å². The first kappa shape index (κ1) is 23.0. The molecule has 0 bridgehead atoms. The Labute approximate surface area is 203 Å². The molecule has 0 saturated carbocycles. The molecule has 32 heavy (non-hydrogen) atoms. The summed E-state index contributed by atoms with van der Waals surface area (Å²) in [4.78, 5) is 41.8. The predicted molar refractivity (Wildman–Crippen MR) is 129 cm³/mol. The maximum Gasteiger partial charge on any atom is 0.261 e. The van der Waals surface area contributed by atoms with Crippen molar-refractivity contribution < 1.29 is 19.1 Å². The van der Waals surface area contributed by atoms with Crippen molar-refractivity contribution in [2.45, 2.75) is 12.5 Å². The van der Waals surface area contributed by atoms with Gasteiger partial charge in [0.15, 0.2) is 0 Å². The van der Waals surface area contributed by atoms with Crippen LogP contribution in [0.5, 0.6) is 0 Å². The van der Waals surface area contributed by atoms with Crippen molar-refractivity contribution in [2.75, 3.05) is 36.1 Å². The van der Waals surface area contributed by atoms with Crippen LogP contribution in [0.1, 0.15) is 16.1 Å². The first-order chi connectivity index (χ1) is 15.4. The molecule has 3 amide bonds. The molecule has 3 heterocycles. The minimum atomic E-state index is -0.417. The fraction of sp³-hybridized carbons (Fsp3) is 0.318. The summed E-state index contributed by atoms with van der Waals surface area (Å²) in [6.45, 7) is 4.97. The van der Waals surface area contributed by atoms with Gasteiger partial charge in [-0.15, -0.1) is 17.9 Å². The number of allylic oxidation sites excluding steroid dienone is 1. The van der Waals surface area contributed by atoms with Crippen molar-refractivity contribution in [3.8, 4) is 0 Å². The average molecular weight is 539 g/mol. The monoisotopic (exact) mass is 537 g/mol. The van der Waals surface area contributed by atoms with Gasteiger partial charge in [0.2, 0.25) is 5.91 Å². The van der Waals surface area contributed by atoms with E-state index in [9.17, 15) is 14.4 Å². The number of ether oxygens (including phenoxy) is 1. The van der Waals surface area contributed by atoms with Crippen LogP contribution in [0.15, 0.2) is 46.8 Å². The van der Waals surface area contributed by atoms with E-state index < -0.39 is 5.92 Å². The molecule has 1 N–H and O–H groups in total. The normalized spacial score (nSPS) is 21.2. The number of nitrogens with one attached hydrogen (secondary N) is 1. The second-order valence-electron chi connectivity index (χ2n) is 7.50. The van der Waals surface area contributed by atoms with Crippen molar-refractivity contribution in [3.63, 3.8) is 0 Å². The van der Waals surface area contributed by atoms with Gasteiger partial charge in [0.25, 0.3) is 11.8 Å². The molecular formula is C22H21BrClN3O4S. The van der Waals surface area contributed by atoms with Gasteiger partial charge >= 0.3 is 0 Å². The van der Waals surface area contributed by atoms with Crippen LogP contribution >= 0.6 is 38.9 Å². The van der Waals surface area contributed by atoms with Crippen LogP contribution in [0.3, 0.4) is 0 Å². The molecule has 0 spiro atoms. The van der Waals surface area contributed by atoms with Gasteiger partial charge in [0, 0.05) is 18.8 Å². The zero-order valence-corrected chi connectivity index (χ0v) is 20.2. The molecule has 2 aliphatic rings. The highest BCUT2D eigenvalue weighted by molar-refractivity contribution is 9.11. The van der Waals surface area contributed by atoms with E-state index in [2.05, 4.69) is 27.8 Å². The Balaban J connectivity index is 1.54. The number of carbonyl (C=O) groups is 3. The Morgan fingerprint density at radius 1 is 1.31 bits per heavy atom. The first-order valence-electron chi connectivity index (χ1n) is 10.0. The lowest BCUT2D eigenvalue weighted by atomic mass is 9.99. The van der Waals surface area contributed by atoms with Crippen LogP contribution < -0.4 is 15.1 Å². The van der Waals surface area contributed by atoms with Crippen molar-refractivity contribution in [3.05, 3.63) is 56.7 Å². The number of thiophene rings is 1. The number of benzene rings is 1. The minimum Gasteiger partial charge on any atom is -0.370 e. The summed E-state index contributed by atoms with van der Waals surface area (Å²) in [5, 5.41) is 3.37. The summed E-state index contributed by atoms with van der Waals surface area (Å²) in [6.07, 6.45) is 2.13. The minimum absolute atomic E-state index is 0.0219. The van der Waals surface area contributed by atoms with E-state index in [1.165, 1.54) is 11.3 Å². The fourth-order valence-electron chi connectivity index (χ4n) is 3.94. The van der Waals surface area contributed by atoms with Gasteiger partial charge in [-0.2, -0.15) is 0 Å². The van der Waals surface area contributed by atoms with Crippen LogP contribution in [-0.2, 0) is 14.3 Å². The van der Waals surface area contributed by atoms with Gasteiger partial charge in [-0.25, -0.2) is 0 Å². The summed E-state index contributed by atoms with van der Waals surface area (Å²) in [5.74, 6) is -0.890. The SMILES string of the molecule is C=CCC1C(=O)N(c2ccc(N3CCOCC3=O)c(Cl)c2)CC1NC(=O)c1ccc(Br)s1. The molecule has 0 aliphatic carbocycles. The number of hydrogen-bond donors (Lipinski definition) is 1. The largest absolute Gasteiger partial charge is 0.370 e. The van der Waals surface area contributed by atoms with Crippen molar-refractivity contribution in [2.24, 2.45) is 5.92 Å². The Kier molecular flexibility index (Phi) is 6.99. The number of carbonyl (C=O) groups excluding carboxylic acids is 3. The van der Waals surface area contributed by atoms with Gasteiger partial charge < -0.3 is 19.9 Å². The van der Waals surface area contributed by atoms with Gasteiger partial charge in [-0.3, -0.25) is 14.4 Å². The van der Waals surface area contributed by atoms with Crippen molar-refractivity contribution in [1.82, 2.24) is 5.32 Å². The smallest absolute Gasteiger partial charge is 0.261 e. The number of hydrogen-bond acceptors (Lipinski definition) is 5. The second-order valence-corrected chi connectivity index (χ2v) is 10.4. The van der Waals surface area contributed by atoms with Crippen LogP contribution in [0.2, 0.25) is 5.02 Å². The molecule has 1 aromatic carbocycles. The van der Waals surface area contributed by atoms with Crippen molar-refractivity contribution in [1.29, 1.82) is 0 Å². The Morgan fingerprint density at radius 3 is 2.78 bits per heavy atom. The summed E-state index contributed by atoms with van der Waals surface area (Å²) < 4.78 is 6.04. The molecule has 4 rings (SSSR count). The molecular weight excluding hydrogens is 518 g/mol. The summed E-state index contributed by atoms with van der Waals surface area (Å²) in [7, 11) is 0. The number of halogens is 2. The van der Waals surface area contributed by atoms with E-state index in [0.717, 1.165) is 3.79 Å². The highest BCUT2D eigenvalue weighted by atomic mass is 79.9. The Bertz CT molecular complexity index is 1080. The zero-order chi connectivity index (χ0) is 22.8. The number of rotatable bonds is 6. The molecule has 10 heteroatoms. The molecule has 2 aliphatic heterocycles. The topological polar surface area (TPSA) is 79.0 Å². The van der Waals surface area contributed by atoms with E-state index in [-0.39, 0.29) is 30.4 Å². The average Bonchev–Trinajstić information content (AvgIpc) is 3.33. The molecule has 2 atom stereocenters. The van der Waals surface area contributed by atoms with Crippen LogP contribution in [0, 0.1) is 5.92 Å². The summed E-state index contributed by atoms with van der Waals surface area (Å²) >= 11 is 11.2. The standard InChI is InChI=1S/C22H21BrClN3O4S/c1-2-3-14-16(25-21(29)18-6-7-19(23)32-18)11-27(22(14)30)13-4-5-17(15(24)10-13)26-8-9-31-12-20(26)28/h2,4-7,10,14,16H,1,3,8-9,11-12H2,(H,25,29). The number of anilines is 2. The summed E-state index contributed by atoms with van der Waals surface area (Å²) in [5.41, 5.74) is 1.21. The maximum absolute atomic E-state index is 13.2. The van der Waals surface area contributed by atoms with Crippen LogP contribution in [-0.4, -0.2) is 50.1 Å². The zero-order valence-electron chi connectivity index (χ0n) is 17.1. The fourth-order valence-corrected chi connectivity index (χ4v) is 5.51. The third-order valence-corrected chi connectivity index (χ3v) is 7.43. The van der Waals surface area contributed by atoms with E-state index in [1.54, 1.807) is 40.1 Å². The Morgan fingerprint density at radius 2 is 2.12 bits per heavy atom. The Hall–Kier alpha value is -2.20. The lowest BCUT2D eigenvalue weighted by Gasteiger charge is -2.28. The maximum atomic E-state index is 13.2. The highest BCUT2D eigenvalue weighted by Gasteiger charge is 2.41. The van der Waals surface area contributed by atoms with Gasteiger partial charge in [0.1, 0.15) is 6.61 Å². The van der Waals surface area contributed by atoms with Gasteiger partial charge in [-0.1, -0.05) is 17.7 Å². The first-order valence-corrected chi connectivity index (χ1v) is 12.0. The van der Waals surface area contributed by atoms with E-state index >= 15 is 0 Å². The number of nitrogens with zero attached hydrogens (tertiary/aromatic N) is 2. The third-order valence-electron chi connectivity index (χ3n) is 5.50. The molecule has 1 aromatic heterocycles. The molecule has 2 saturated heterocycles. The van der Waals surface area contributed by atoms with E-state index in [0.29, 0.717) is 47.4 Å². The lowest BCUT2D eigenvalue weighted by molar-refractivity contribution is -0.125. The third kappa shape index (κ3) is 4.61. The molecule has 7 nitrogen and oxygen atoms in total. The molecule has 2 fully saturated rings. The number of morpholine rings is 1. The second kappa shape index (κ2) is 9.74. The molecule has 168 valence electrons. The molecule has 0 radical (unpaired) electrons. The van der Waals surface area contributed by atoms with Crippen LogP contribution in [0.25, 0.3) is 0 Å². The van der Waals surface area contributed by atoms with Crippen molar-refractivity contribution >= 4 is 68.0 Å². The molecule has 2 unspecified atom stereocenters. The van der Waals surface area contributed by atoms with Crippen LogP contribution in [0.4, 0.5) is 11.4 Å². The van der Waals surface area contributed by atoms with E-state index in [4.69, 9.17) is 16.3 Å². The highest BCUT2D eigenvalue weighted by Crippen LogP contribution is 2.35. The lowest BCUT2D eigenvalue weighted by Crippen LogP contribution is -2.41. The molecule has 2 aromatic rings. The summed E-state index contributed by atoms with van der Waals surface area (Å²) in [6, 6.07) is 8.39.